The number of nitriles is 1. The van der Waals surface area contributed by atoms with Crippen LogP contribution in [0.25, 0.3) is 0 Å². The highest BCUT2D eigenvalue weighted by Gasteiger charge is 2.10. The van der Waals surface area contributed by atoms with Gasteiger partial charge in [0, 0.05) is 7.05 Å². The molecular weight excluding hydrogens is 298 g/mol. The minimum absolute atomic E-state index is 0.576. The van der Waals surface area contributed by atoms with Crippen LogP contribution in [0.15, 0.2) is 34.1 Å². The number of nitrogens with zero attached hydrogens (tertiary/aromatic N) is 2. The number of hydrogen-bond donors (Lipinski definition) is 1. The average molecular weight is 308 g/mol. The van der Waals surface area contributed by atoms with E-state index >= 15 is 0 Å². The summed E-state index contributed by atoms with van der Waals surface area (Å²) in [5.41, 5.74) is 8.03. The summed E-state index contributed by atoms with van der Waals surface area (Å²) in [6.07, 6.45) is 0. The van der Waals surface area contributed by atoms with Crippen molar-refractivity contribution < 1.29 is 0 Å². The molecular formula is C12H10BrN3S. The SMILES string of the molecule is CN(c1ccc(Br)s1)c1ccc(C#N)cc1N. The van der Waals surface area contributed by atoms with Gasteiger partial charge in [0.15, 0.2) is 0 Å². The Kier molecular flexibility index (Phi) is 3.36. The molecule has 0 radical (unpaired) electrons. The summed E-state index contributed by atoms with van der Waals surface area (Å²) >= 11 is 5.06. The summed E-state index contributed by atoms with van der Waals surface area (Å²) in [4.78, 5) is 2.01. The molecule has 0 saturated heterocycles. The number of thiophene rings is 1. The summed E-state index contributed by atoms with van der Waals surface area (Å²) in [6, 6.07) is 11.4. The van der Waals surface area contributed by atoms with Gasteiger partial charge in [-0.3, -0.25) is 0 Å². The zero-order valence-corrected chi connectivity index (χ0v) is 11.5. The van der Waals surface area contributed by atoms with Crippen LogP contribution in [-0.2, 0) is 0 Å². The predicted molar refractivity (Wildman–Crippen MR) is 75.7 cm³/mol. The molecule has 0 saturated carbocycles. The third-order valence-electron chi connectivity index (χ3n) is 2.41. The molecule has 0 bridgehead atoms. The second-order valence-corrected chi connectivity index (χ2v) is 5.96. The van der Waals surface area contributed by atoms with Crippen molar-refractivity contribution >= 4 is 43.6 Å². The molecule has 17 heavy (non-hydrogen) atoms. The number of benzene rings is 1. The zero-order chi connectivity index (χ0) is 12.4. The lowest BCUT2D eigenvalue weighted by Crippen LogP contribution is -2.10. The molecule has 0 amide bonds. The second kappa shape index (κ2) is 4.78. The number of nitrogen functional groups attached to an aromatic ring is 1. The van der Waals surface area contributed by atoms with Gasteiger partial charge in [0.25, 0.3) is 0 Å². The molecule has 2 N–H and O–H groups in total. The molecule has 5 heteroatoms. The number of anilines is 3. The van der Waals surface area contributed by atoms with Gasteiger partial charge >= 0.3 is 0 Å². The molecule has 0 aliphatic heterocycles. The molecule has 86 valence electrons. The van der Waals surface area contributed by atoms with Crippen LogP contribution in [0, 0.1) is 11.3 Å². The first-order valence-corrected chi connectivity index (χ1v) is 6.51. The van der Waals surface area contributed by atoms with E-state index < -0.39 is 0 Å². The normalized spacial score (nSPS) is 9.94. The third kappa shape index (κ3) is 2.43. The molecule has 1 aromatic heterocycles. The van der Waals surface area contributed by atoms with E-state index in [1.807, 2.05) is 30.1 Å². The van der Waals surface area contributed by atoms with Crippen molar-refractivity contribution in [3.8, 4) is 6.07 Å². The molecule has 2 aromatic rings. The number of rotatable bonds is 2. The van der Waals surface area contributed by atoms with Gasteiger partial charge in [-0.1, -0.05) is 0 Å². The van der Waals surface area contributed by atoms with E-state index in [4.69, 9.17) is 11.0 Å². The van der Waals surface area contributed by atoms with E-state index in [2.05, 4.69) is 22.0 Å². The quantitative estimate of drug-likeness (QED) is 0.860. The number of nitrogens with two attached hydrogens (primary N) is 1. The zero-order valence-electron chi connectivity index (χ0n) is 9.14. The summed E-state index contributed by atoms with van der Waals surface area (Å²) in [5, 5.41) is 9.88. The van der Waals surface area contributed by atoms with E-state index in [0.29, 0.717) is 11.3 Å². The fraction of sp³-hybridized carbons (Fsp3) is 0.0833. The molecule has 0 aliphatic rings. The van der Waals surface area contributed by atoms with Crippen LogP contribution in [0.1, 0.15) is 5.56 Å². The molecule has 2 rings (SSSR count). The molecule has 1 aromatic carbocycles. The standard InChI is InChI=1S/C12H10BrN3S/c1-16(12-5-4-11(13)17-12)10-3-2-8(7-14)6-9(10)15/h2-6H,15H2,1H3. The Balaban J connectivity index is 2.38. The van der Waals surface area contributed by atoms with Crippen molar-refractivity contribution in [2.75, 3.05) is 17.7 Å². The van der Waals surface area contributed by atoms with Crippen molar-refractivity contribution in [2.45, 2.75) is 0 Å². The van der Waals surface area contributed by atoms with Crippen LogP contribution < -0.4 is 10.6 Å². The lowest BCUT2D eigenvalue weighted by Gasteiger charge is -2.19. The van der Waals surface area contributed by atoms with Gasteiger partial charge in [-0.2, -0.15) is 5.26 Å². The van der Waals surface area contributed by atoms with E-state index in [1.54, 1.807) is 23.5 Å². The van der Waals surface area contributed by atoms with Crippen molar-refractivity contribution in [1.29, 1.82) is 5.26 Å². The molecule has 0 aliphatic carbocycles. The van der Waals surface area contributed by atoms with Crippen LogP contribution in [0.4, 0.5) is 16.4 Å². The molecule has 0 atom stereocenters. The van der Waals surface area contributed by atoms with Crippen LogP contribution in [0.3, 0.4) is 0 Å². The van der Waals surface area contributed by atoms with Gasteiger partial charge in [0.1, 0.15) is 0 Å². The van der Waals surface area contributed by atoms with Crippen LogP contribution >= 0.6 is 27.3 Å². The van der Waals surface area contributed by atoms with Gasteiger partial charge in [0.2, 0.25) is 0 Å². The Morgan fingerprint density at radius 1 is 1.35 bits per heavy atom. The van der Waals surface area contributed by atoms with Crippen molar-refractivity contribution in [1.82, 2.24) is 0 Å². The molecule has 0 unspecified atom stereocenters. The summed E-state index contributed by atoms with van der Waals surface area (Å²) in [7, 11) is 1.95. The fourth-order valence-corrected chi connectivity index (χ4v) is 2.87. The van der Waals surface area contributed by atoms with Gasteiger partial charge in [-0.15, -0.1) is 11.3 Å². The maximum Gasteiger partial charge on any atom is 0.0992 e. The minimum Gasteiger partial charge on any atom is -0.397 e. The van der Waals surface area contributed by atoms with Gasteiger partial charge in [0.05, 0.1) is 31.8 Å². The van der Waals surface area contributed by atoms with Crippen molar-refractivity contribution in [3.05, 3.63) is 39.7 Å². The Labute approximate surface area is 112 Å². The van der Waals surface area contributed by atoms with Gasteiger partial charge in [-0.05, 0) is 46.3 Å². The third-order valence-corrected chi connectivity index (χ3v) is 4.11. The highest BCUT2D eigenvalue weighted by molar-refractivity contribution is 9.11. The Morgan fingerprint density at radius 2 is 2.12 bits per heavy atom. The van der Waals surface area contributed by atoms with E-state index in [0.717, 1.165) is 14.5 Å². The minimum atomic E-state index is 0.576. The topological polar surface area (TPSA) is 53.0 Å². The van der Waals surface area contributed by atoms with E-state index in [9.17, 15) is 0 Å². The Bertz CT molecular complexity index is 586. The van der Waals surface area contributed by atoms with Crippen molar-refractivity contribution in [2.24, 2.45) is 0 Å². The number of hydrogen-bond acceptors (Lipinski definition) is 4. The molecule has 0 spiro atoms. The number of halogens is 1. The molecule has 1 heterocycles. The smallest absolute Gasteiger partial charge is 0.0992 e. The average Bonchev–Trinajstić information content (AvgIpc) is 2.75. The highest BCUT2D eigenvalue weighted by Crippen LogP contribution is 2.35. The predicted octanol–water partition coefficient (Wildman–Crippen LogP) is 3.73. The van der Waals surface area contributed by atoms with E-state index in [1.165, 1.54) is 0 Å². The first kappa shape index (κ1) is 12.0. The summed E-state index contributed by atoms with van der Waals surface area (Å²) in [6.45, 7) is 0. The van der Waals surface area contributed by atoms with Crippen molar-refractivity contribution in [3.63, 3.8) is 0 Å². The second-order valence-electron chi connectivity index (χ2n) is 3.52. The fourth-order valence-electron chi connectivity index (χ4n) is 1.53. The Morgan fingerprint density at radius 3 is 2.65 bits per heavy atom. The summed E-state index contributed by atoms with van der Waals surface area (Å²) < 4.78 is 1.08. The highest BCUT2D eigenvalue weighted by atomic mass is 79.9. The van der Waals surface area contributed by atoms with Gasteiger partial charge < -0.3 is 10.6 Å². The maximum absolute atomic E-state index is 8.79. The van der Waals surface area contributed by atoms with Crippen LogP contribution in [-0.4, -0.2) is 7.05 Å². The lowest BCUT2D eigenvalue weighted by atomic mass is 10.2. The monoisotopic (exact) mass is 307 g/mol. The first-order chi connectivity index (χ1) is 8.11. The van der Waals surface area contributed by atoms with Gasteiger partial charge in [-0.25, -0.2) is 0 Å². The first-order valence-electron chi connectivity index (χ1n) is 4.90. The lowest BCUT2D eigenvalue weighted by molar-refractivity contribution is 1.24. The Hall–Kier alpha value is -1.51. The largest absolute Gasteiger partial charge is 0.397 e. The van der Waals surface area contributed by atoms with Crippen LogP contribution in [0.2, 0.25) is 0 Å². The van der Waals surface area contributed by atoms with Crippen LogP contribution in [0.5, 0.6) is 0 Å². The van der Waals surface area contributed by atoms with E-state index in [-0.39, 0.29) is 0 Å². The molecule has 3 nitrogen and oxygen atoms in total. The molecule has 0 fully saturated rings. The summed E-state index contributed by atoms with van der Waals surface area (Å²) in [5.74, 6) is 0. The maximum atomic E-state index is 8.79.